The molecule has 1 aromatic carbocycles. The van der Waals surface area contributed by atoms with E-state index in [-0.39, 0.29) is 24.0 Å². The van der Waals surface area contributed by atoms with Crippen molar-refractivity contribution in [3.63, 3.8) is 0 Å². The monoisotopic (exact) mass is 322 g/mol. The Balaban J connectivity index is 2.23. The molecule has 1 heterocycles. The number of aromatic nitrogens is 2. The van der Waals surface area contributed by atoms with E-state index in [1.165, 1.54) is 42.9 Å². The van der Waals surface area contributed by atoms with Crippen molar-refractivity contribution in [2.45, 2.75) is 19.6 Å². The van der Waals surface area contributed by atoms with E-state index in [0.717, 1.165) is 0 Å². The fourth-order valence-corrected chi connectivity index (χ4v) is 1.95. The summed E-state index contributed by atoms with van der Waals surface area (Å²) in [5.74, 6) is -0.342. The second-order valence-corrected chi connectivity index (χ2v) is 4.81. The van der Waals surface area contributed by atoms with Gasteiger partial charge < -0.3 is 20.0 Å². The maximum Gasteiger partial charge on any atom is 0.434 e. The van der Waals surface area contributed by atoms with E-state index in [1.54, 1.807) is 0 Å². The van der Waals surface area contributed by atoms with Crippen molar-refractivity contribution in [1.82, 2.24) is 9.55 Å². The summed E-state index contributed by atoms with van der Waals surface area (Å²) >= 11 is 0. The molecule has 0 aliphatic rings. The Hall–Kier alpha value is -3.01. The largest absolute Gasteiger partial charge is 0.479 e. The molecule has 23 heavy (non-hydrogen) atoms. The third-order valence-corrected chi connectivity index (χ3v) is 3.26. The van der Waals surface area contributed by atoms with E-state index in [4.69, 9.17) is 4.74 Å². The Morgan fingerprint density at radius 1 is 1.35 bits per heavy atom. The number of aliphatic hydroxyl groups is 1. The summed E-state index contributed by atoms with van der Waals surface area (Å²) in [6.45, 7) is 1.38. The molecule has 10 nitrogen and oxygen atoms in total. The molecule has 0 fully saturated rings. The number of nitro benzene ring substituents is 1. The normalized spacial score (nSPS) is 12.0. The van der Waals surface area contributed by atoms with Crippen molar-refractivity contribution in [3.05, 3.63) is 55.9 Å². The van der Waals surface area contributed by atoms with Crippen LogP contribution in [0.4, 0.5) is 11.6 Å². The highest BCUT2D eigenvalue weighted by atomic mass is 16.6. The Bertz CT molecular complexity index is 755. The first-order valence-corrected chi connectivity index (χ1v) is 6.55. The third kappa shape index (κ3) is 3.43. The number of benzene rings is 1. The first kappa shape index (κ1) is 16.4. The van der Waals surface area contributed by atoms with Crippen LogP contribution in [0.3, 0.4) is 0 Å². The van der Waals surface area contributed by atoms with Crippen LogP contribution in [0, 0.1) is 20.2 Å². The number of aliphatic hydroxyl groups excluding tert-OH is 1. The maximum absolute atomic E-state index is 11.1. The summed E-state index contributed by atoms with van der Waals surface area (Å²) in [7, 11) is 1.45. The highest BCUT2D eigenvalue weighted by Crippen LogP contribution is 2.30. The summed E-state index contributed by atoms with van der Waals surface area (Å²) in [5, 5.41) is 31.3. The van der Waals surface area contributed by atoms with Gasteiger partial charge in [0.25, 0.3) is 0 Å². The number of nitro groups is 2. The summed E-state index contributed by atoms with van der Waals surface area (Å²) in [5.41, 5.74) is 0.492. The average Bonchev–Trinajstić information content (AvgIpc) is 2.85. The van der Waals surface area contributed by atoms with Crippen LogP contribution in [-0.4, -0.2) is 24.5 Å². The van der Waals surface area contributed by atoms with Crippen molar-refractivity contribution in [1.29, 1.82) is 0 Å². The zero-order valence-electron chi connectivity index (χ0n) is 12.4. The van der Waals surface area contributed by atoms with Gasteiger partial charge in [-0.15, -0.1) is 0 Å². The molecule has 0 saturated carbocycles. The first-order chi connectivity index (χ1) is 10.8. The van der Waals surface area contributed by atoms with Crippen LogP contribution in [0.15, 0.2) is 24.4 Å². The molecule has 122 valence electrons. The van der Waals surface area contributed by atoms with Crippen molar-refractivity contribution in [2.75, 3.05) is 0 Å². The molecule has 2 aromatic rings. The number of hydrogen-bond acceptors (Lipinski definition) is 7. The van der Waals surface area contributed by atoms with Gasteiger partial charge in [0.1, 0.15) is 12.8 Å². The standard InChI is InChI=1S/C13H14N4O6/c1-8(18)9-3-4-12(11(5-9)16(19)20)23-7-10-6-14-13(15(10)2)17(21)22/h3-6,8,18H,7H2,1-2H3. The van der Waals surface area contributed by atoms with Gasteiger partial charge in [0.05, 0.1) is 18.1 Å². The topological polar surface area (TPSA) is 134 Å². The molecule has 1 unspecified atom stereocenters. The van der Waals surface area contributed by atoms with E-state index < -0.39 is 16.0 Å². The Labute approximate surface area is 130 Å². The van der Waals surface area contributed by atoms with Crippen LogP contribution in [0.5, 0.6) is 5.75 Å². The van der Waals surface area contributed by atoms with E-state index in [2.05, 4.69) is 4.98 Å². The molecule has 0 aliphatic carbocycles. The van der Waals surface area contributed by atoms with Gasteiger partial charge >= 0.3 is 11.6 Å². The second kappa shape index (κ2) is 6.40. The van der Waals surface area contributed by atoms with E-state index in [1.807, 2.05) is 0 Å². The van der Waals surface area contributed by atoms with Crippen LogP contribution in [-0.2, 0) is 13.7 Å². The zero-order valence-corrected chi connectivity index (χ0v) is 12.4. The quantitative estimate of drug-likeness (QED) is 0.633. The van der Waals surface area contributed by atoms with Gasteiger partial charge in [0.2, 0.25) is 0 Å². The first-order valence-electron chi connectivity index (χ1n) is 6.55. The van der Waals surface area contributed by atoms with Crippen LogP contribution in [0.1, 0.15) is 24.3 Å². The molecule has 0 aliphatic heterocycles. The van der Waals surface area contributed by atoms with Gasteiger partial charge in [-0.1, -0.05) is 11.1 Å². The van der Waals surface area contributed by atoms with Gasteiger partial charge in [-0.05, 0) is 23.5 Å². The number of rotatable bonds is 6. The molecule has 1 atom stereocenters. The lowest BCUT2D eigenvalue weighted by Crippen LogP contribution is -2.06. The minimum absolute atomic E-state index is 0.00301. The third-order valence-electron chi connectivity index (χ3n) is 3.26. The van der Waals surface area contributed by atoms with Crippen molar-refractivity contribution in [2.24, 2.45) is 7.05 Å². The van der Waals surface area contributed by atoms with Crippen molar-refractivity contribution < 1.29 is 19.7 Å². The molecule has 0 amide bonds. The Morgan fingerprint density at radius 3 is 2.57 bits per heavy atom. The van der Waals surface area contributed by atoms with Crippen molar-refractivity contribution >= 4 is 11.6 Å². The van der Waals surface area contributed by atoms with Crippen LogP contribution in [0.25, 0.3) is 0 Å². The fraction of sp³-hybridized carbons (Fsp3) is 0.308. The predicted molar refractivity (Wildman–Crippen MR) is 77.9 cm³/mol. The van der Waals surface area contributed by atoms with Crippen LogP contribution in [0.2, 0.25) is 0 Å². The smallest absolute Gasteiger partial charge is 0.434 e. The van der Waals surface area contributed by atoms with E-state index in [0.29, 0.717) is 11.3 Å². The molecular weight excluding hydrogens is 308 g/mol. The summed E-state index contributed by atoms with van der Waals surface area (Å²) in [6.07, 6.45) is 0.427. The fourth-order valence-electron chi connectivity index (χ4n) is 1.95. The lowest BCUT2D eigenvalue weighted by molar-refractivity contribution is -0.396. The molecule has 0 bridgehead atoms. The molecule has 0 spiro atoms. The predicted octanol–water partition coefficient (Wildman–Crippen LogP) is 1.87. The summed E-state index contributed by atoms with van der Waals surface area (Å²) in [6, 6.07) is 4.12. The lowest BCUT2D eigenvalue weighted by Gasteiger charge is -2.09. The van der Waals surface area contributed by atoms with E-state index >= 15 is 0 Å². The Morgan fingerprint density at radius 2 is 2.04 bits per heavy atom. The highest BCUT2D eigenvalue weighted by Gasteiger charge is 2.21. The summed E-state index contributed by atoms with van der Waals surface area (Å²) < 4.78 is 6.62. The number of hydrogen-bond donors (Lipinski definition) is 1. The lowest BCUT2D eigenvalue weighted by atomic mass is 10.1. The molecule has 1 N–H and O–H groups in total. The van der Waals surface area contributed by atoms with E-state index in [9.17, 15) is 25.3 Å². The molecule has 2 rings (SSSR count). The number of imidazole rings is 1. The Kier molecular flexibility index (Phi) is 4.55. The maximum atomic E-state index is 11.1. The molecule has 0 saturated heterocycles. The molecule has 0 radical (unpaired) electrons. The minimum atomic E-state index is -0.845. The molecule has 10 heteroatoms. The number of ether oxygens (including phenoxy) is 1. The van der Waals surface area contributed by atoms with Gasteiger partial charge in [-0.3, -0.25) is 10.1 Å². The zero-order chi connectivity index (χ0) is 17.1. The van der Waals surface area contributed by atoms with Crippen LogP contribution < -0.4 is 4.74 Å². The number of nitrogens with zero attached hydrogens (tertiary/aromatic N) is 4. The van der Waals surface area contributed by atoms with Gasteiger partial charge in [-0.25, -0.2) is 4.57 Å². The van der Waals surface area contributed by atoms with Crippen molar-refractivity contribution in [3.8, 4) is 5.75 Å². The van der Waals surface area contributed by atoms with Crippen LogP contribution >= 0.6 is 0 Å². The SMILES string of the molecule is CC(O)c1ccc(OCc2cnc([N+](=O)[O-])n2C)c([N+](=O)[O-])c1. The average molecular weight is 322 g/mol. The second-order valence-electron chi connectivity index (χ2n) is 4.81. The molecule has 1 aromatic heterocycles. The molecular formula is C13H14N4O6. The van der Waals surface area contributed by atoms with Gasteiger partial charge in [0, 0.05) is 6.07 Å². The highest BCUT2D eigenvalue weighted by molar-refractivity contribution is 5.49. The van der Waals surface area contributed by atoms with Gasteiger partial charge in [0.15, 0.2) is 11.4 Å². The van der Waals surface area contributed by atoms with Gasteiger partial charge in [-0.2, -0.15) is 0 Å². The summed E-state index contributed by atoms with van der Waals surface area (Å²) in [4.78, 5) is 24.2. The minimum Gasteiger partial charge on any atom is -0.479 e.